The lowest BCUT2D eigenvalue weighted by Gasteiger charge is -2.27. The Morgan fingerprint density at radius 2 is 2.23 bits per heavy atom. The molecule has 2 unspecified atom stereocenters. The second-order valence-corrected chi connectivity index (χ2v) is 4.41. The molecule has 2 atom stereocenters. The van der Waals surface area contributed by atoms with E-state index in [9.17, 15) is 8.78 Å². The van der Waals surface area contributed by atoms with Crippen LogP contribution in [-0.2, 0) is 0 Å². The molecular formula is C8H16F2N2S. The molecule has 0 spiro atoms. The molecule has 78 valence electrons. The van der Waals surface area contributed by atoms with Gasteiger partial charge >= 0.3 is 0 Å². The topological polar surface area (TPSA) is 15.3 Å². The van der Waals surface area contributed by atoms with Crippen molar-refractivity contribution >= 4 is 11.8 Å². The summed E-state index contributed by atoms with van der Waals surface area (Å²) in [6.45, 7) is 1.64. The number of alkyl halides is 2. The minimum Gasteiger partial charge on any atom is -0.314 e. The Morgan fingerprint density at radius 3 is 2.77 bits per heavy atom. The highest BCUT2D eigenvalue weighted by molar-refractivity contribution is 7.99. The first-order valence-electron chi connectivity index (χ1n) is 4.37. The molecular weight excluding hydrogens is 194 g/mol. The first kappa shape index (κ1) is 11.2. The summed E-state index contributed by atoms with van der Waals surface area (Å²) in [4.78, 5) is 1.76. The van der Waals surface area contributed by atoms with Gasteiger partial charge in [-0.25, -0.2) is 8.78 Å². The van der Waals surface area contributed by atoms with Crippen molar-refractivity contribution in [2.75, 3.05) is 32.9 Å². The van der Waals surface area contributed by atoms with E-state index < -0.39 is 6.43 Å². The monoisotopic (exact) mass is 210 g/mol. The Kier molecular flexibility index (Phi) is 4.41. The van der Waals surface area contributed by atoms with E-state index in [1.165, 1.54) is 0 Å². The summed E-state index contributed by atoms with van der Waals surface area (Å²) in [5.41, 5.74) is 0. The van der Waals surface area contributed by atoms with Gasteiger partial charge in [-0.2, -0.15) is 11.8 Å². The van der Waals surface area contributed by atoms with Crippen LogP contribution in [0.4, 0.5) is 8.78 Å². The molecule has 1 fully saturated rings. The van der Waals surface area contributed by atoms with Crippen molar-refractivity contribution in [2.45, 2.75) is 17.7 Å². The molecule has 0 aliphatic carbocycles. The van der Waals surface area contributed by atoms with E-state index in [-0.39, 0.29) is 12.6 Å². The van der Waals surface area contributed by atoms with Gasteiger partial charge in [-0.15, -0.1) is 0 Å². The van der Waals surface area contributed by atoms with Gasteiger partial charge in [0.15, 0.2) is 0 Å². The third-order valence-electron chi connectivity index (χ3n) is 2.42. The van der Waals surface area contributed by atoms with Crippen LogP contribution < -0.4 is 5.32 Å². The third-order valence-corrected chi connectivity index (χ3v) is 3.51. The molecule has 1 heterocycles. The van der Waals surface area contributed by atoms with Crippen molar-refractivity contribution in [3.63, 3.8) is 0 Å². The van der Waals surface area contributed by atoms with Gasteiger partial charge in [0.05, 0.1) is 6.54 Å². The second kappa shape index (κ2) is 5.12. The normalized spacial score (nSPS) is 29.1. The molecule has 0 radical (unpaired) electrons. The van der Waals surface area contributed by atoms with E-state index in [0.717, 1.165) is 13.1 Å². The maximum Gasteiger partial charge on any atom is 0.251 e. The van der Waals surface area contributed by atoms with Gasteiger partial charge in [-0.3, -0.25) is 4.90 Å². The standard InChI is InChI=1S/C8H16F2N2S/c1-12(5-8(9)10)6-3-11-4-7(6)13-2/h6-8,11H,3-5H2,1-2H3. The lowest BCUT2D eigenvalue weighted by atomic mass is 10.2. The molecule has 1 aliphatic heterocycles. The zero-order valence-corrected chi connectivity index (χ0v) is 8.78. The molecule has 0 amide bonds. The average molecular weight is 210 g/mol. The highest BCUT2D eigenvalue weighted by atomic mass is 32.2. The van der Waals surface area contributed by atoms with Crippen molar-refractivity contribution in [1.29, 1.82) is 0 Å². The molecule has 0 aromatic carbocycles. The first-order chi connectivity index (χ1) is 6.15. The van der Waals surface area contributed by atoms with Gasteiger partial charge < -0.3 is 5.32 Å². The number of rotatable bonds is 4. The zero-order valence-electron chi connectivity index (χ0n) is 7.96. The molecule has 1 saturated heterocycles. The lowest BCUT2D eigenvalue weighted by molar-refractivity contribution is 0.0855. The number of hydrogen-bond donors (Lipinski definition) is 1. The van der Waals surface area contributed by atoms with Crippen LogP contribution >= 0.6 is 11.8 Å². The van der Waals surface area contributed by atoms with Gasteiger partial charge in [0.1, 0.15) is 0 Å². The fraction of sp³-hybridized carbons (Fsp3) is 1.00. The maximum atomic E-state index is 12.1. The summed E-state index contributed by atoms with van der Waals surface area (Å²) in [6, 6.07) is 0.254. The van der Waals surface area contributed by atoms with Crippen LogP contribution in [0.2, 0.25) is 0 Å². The van der Waals surface area contributed by atoms with Gasteiger partial charge in [-0.1, -0.05) is 0 Å². The van der Waals surface area contributed by atoms with Crippen LogP contribution in [0.3, 0.4) is 0 Å². The minimum atomic E-state index is -2.23. The van der Waals surface area contributed by atoms with Gasteiger partial charge in [0.25, 0.3) is 6.43 Å². The molecule has 1 rings (SSSR count). The largest absolute Gasteiger partial charge is 0.314 e. The summed E-state index contributed by atoms with van der Waals surface area (Å²) in [7, 11) is 1.77. The lowest BCUT2D eigenvalue weighted by Crippen LogP contribution is -2.41. The van der Waals surface area contributed by atoms with Crippen molar-refractivity contribution in [3.05, 3.63) is 0 Å². The first-order valence-corrected chi connectivity index (χ1v) is 5.66. The Balaban J connectivity index is 2.40. The van der Waals surface area contributed by atoms with Crippen molar-refractivity contribution in [2.24, 2.45) is 0 Å². The van der Waals surface area contributed by atoms with Crippen LogP contribution in [0.5, 0.6) is 0 Å². The van der Waals surface area contributed by atoms with Crippen molar-refractivity contribution < 1.29 is 8.78 Å². The zero-order chi connectivity index (χ0) is 9.84. The average Bonchev–Trinajstić information content (AvgIpc) is 2.49. The van der Waals surface area contributed by atoms with E-state index in [0.29, 0.717) is 5.25 Å². The molecule has 1 N–H and O–H groups in total. The van der Waals surface area contributed by atoms with Gasteiger partial charge in [-0.05, 0) is 13.3 Å². The predicted molar refractivity (Wildman–Crippen MR) is 52.6 cm³/mol. The molecule has 0 bridgehead atoms. The summed E-state index contributed by atoms with van der Waals surface area (Å²) in [6.07, 6.45) is -0.200. The molecule has 1 aliphatic rings. The number of halogens is 2. The Labute approximate surface area is 82.1 Å². The Morgan fingerprint density at radius 1 is 1.54 bits per heavy atom. The van der Waals surface area contributed by atoms with Crippen molar-refractivity contribution in [1.82, 2.24) is 10.2 Å². The number of likely N-dealkylation sites (N-methyl/N-ethyl adjacent to an activating group) is 1. The summed E-state index contributed by atoms with van der Waals surface area (Å²) in [5, 5.41) is 3.67. The predicted octanol–water partition coefficient (Wildman–Crippen LogP) is 0.887. The summed E-state index contributed by atoms with van der Waals surface area (Å²) >= 11 is 1.75. The van der Waals surface area contributed by atoms with E-state index in [4.69, 9.17) is 0 Å². The molecule has 5 heteroatoms. The minimum absolute atomic E-state index is 0.122. The number of thioether (sulfide) groups is 1. The summed E-state index contributed by atoms with van der Waals surface area (Å²) in [5.74, 6) is 0. The maximum absolute atomic E-state index is 12.1. The van der Waals surface area contributed by atoms with Crippen LogP contribution in [0, 0.1) is 0 Å². The SMILES string of the molecule is CSC1CNCC1N(C)CC(F)F. The van der Waals surface area contributed by atoms with E-state index >= 15 is 0 Å². The highest BCUT2D eigenvalue weighted by Crippen LogP contribution is 2.19. The molecule has 0 aromatic heterocycles. The van der Waals surface area contributed by atoms with E-state index in [2.05, 4.69) is 5.32 Å². The van der Waals surface area contributed by atoms with E-state index in [1.54, 1.807) is 23.7 Å². The van der Waals surface area contributed by atoms with Gasteiger partial charge in [0, 0.05) is 24.4 Å². The molecule has 2 nitrogen and oxygen atoms in total. The van der Waals surface area contributed by atoms with Crippen LogP contribution in [-0.4, -0.2) is 55.6 Å². The number of nitrogens with one attached hydrogen (secondary N) is 1. The molecule has 0 saturated carbocycles. The molecule has 13 heavy (non-hydrogen) atoms. The highest BCUT2D eigenvalue weighted by Gasteiger charge is 2.30. The quantitative estimate of drug-likeness (QED) is 0.742. The van der Waals surface area contributed by atoms with Crippen LogP contribution in [0.25, 0.3) is 0 Å². The van der Waals surface area contributed by atoms with Crippen molar-refractivity contribution in [3.8, 4) is 0 Å². The second-order valence-electron chi connectivity index (χ2n) is 3.33. The van der Waals surface area contributed by atoms with E-state index in [1.807, 2.05) is 6.26 Å². The fourth-order valence-corrected chi connectivity index (χ4v) is 2.58. The third kappa shape index (κ3) is 3.07. The number of hydrogen-bond acceptors (Lipinski definition) is 3. The van der Waals surface area contributed by atoms with Crippen LogP contribution in [0.15, 0.2) is 0 Å². The number of nitrogens with zero attached hydrogens (tertiary/aromatic N) is 1. The van der Waals surface area contributed by atoms with Gasteiger partial charge in [0.2, 0.25) is 0 Å². The Bertz CT molecular complexity index is 157. The summed E-state index contributed by atoms with van der Waals surface area (Å²) < 4.78 is 24.2. The molecule has 0 aromatic rings. The van der Waals surface area contributed by atoms with Crippen LogP contribution in [0.1, 0.15) is 0 Å². The smallest absolute Gasteiger partial charge is 0.251 e. The Hall–Kier alpha value is 0.130. The fourth-order valence-electron chi connectivity index (χ4n) is 1.67.